The van der Waals surface area contributed by atoms with E-state index in [0.717, 1.165) is 44.5 Å². The largest absolute Gasteiger partial charge is 0.497 e. The first kappa shape index (κ1) is 16.7. The molecule has 0 bridgehead atoms. The summed E-state index contributed by atoms with van der Waals surface area (Å²) in [5, 5.41) is 3.71. The Labute approximate surface area is 137 Å². The maximum absolute atomic E-state index is 12.4. The van der Waals surface area contributed by atoms with Gasteiger partial charge in [0, 0.05) is 12.1 Å². The SMILES string of the molecule is COc1cccc(C2CC(NC3CCN(CC(F)F)CC3)C2)c1. The Morgan fingerprint density at radius 2 is 1.96 bits per heavy atom. The third kappa shape index (κ3) is 4.42. The fourth-order valence-corrected chi connectivity index (χ4v) is 3.73. The van der Waals surface area contributed by atoms with Gasteiger partial charge in [0.1, 0.15) is 5.75 Å². The normalized spacial score (nSPS) is 26.3. The van der Waals surface area contributed by atoms with Crippen LogP contribution in [-0.2, 0) is 0 Å². The Bertz CT molecular complexity index is 498. The van der Waals surface area contributed by atoms with Gasteiger partial charge in [-0.25, -0.2) is 8.78 Å². The molecule has 3 rings (SSSR count). The summed E-state index contributed by atoms with van der Waals surface area (Å²) >= 11 is 0. The molecule has 1 saturated carbocycles. The van der Waals surface area contributed by atoms with E-state index in [1.165, 1.54) is 5.56 Å². The van der Waals surface area contributed by atoms with Gasteiger partial charge in [-0.3, -0.25) is 4.90 Å². The number of methoxy groups -OCH3 is 1. The summed E-state index contributed by atoms with van der Waals surface area (Å²) in [5.41, 5.74) is 1.36. The van der Waals surface area contributed by atoms with Crippen LogP contribution in [-0.4, -0.2) is 50.2 Å². The topological polar surface area (TPSA) is 24.5 Å². The van der Waals surface area contributed by atoms with Crippen LogP contribution in [0.2, 0.25) is 0 Å². The standard InChI is InChI=1S/C18H26F2N2O/c1-23-17-4-2-3-13(11-17)14-9-16(10-14)21-15-5-7-22(8-6-15)12-18(19)20/h2-4,11,14-16,18,21H,5-10,12H2,1H3. The van der Waals surface area contributed by atoms with Crippen LogP contribution in [0.3, 0.4) is 0 Å². The molecule has 1 aromatic carbocycles. The molecule has 1 aliphatic carbocycles. The van der Waals surface area contributed by atoms with E-state index in [2.05, 4.69) is 17.4 Å². The molecular weight excluding hydrogens is 298 g/mol. The molecule has 5 heteroatoms. The van der Waals surface area contributed by atoms with E-state index in [-0.39, 0.29) is 6.54 Å². The summed E-state index contributed by atoms with van der Waals surface area (Å²) in [6.45, 7) is 1.50. The Morgan fingerprint density at radius 3 is 2.61 bits per heavy atom. The van der Waals surface area contributed by atoms with Crippen LogP contribution in [0, 0.1) is 0 Å². The van der Waals surface area contributed by atoms with Crippen molar-refractivity contribution in [3.8, 4) is 5.75 Å². The van der Waals surface area contributed by atoms with Crippen LogP contribution in [0.5, 0.6) is 5.75 Å². The maximum atomic E-state index is 12.4. The van der Waals surface area contributed by atoms with Crippen LogP contribution in [0.1, 0.15) is 37.2 Å². The van der Waals surface area contributed by atoms with Gasteiger partial charge in [0.25, 0.3) is 6.43 Å². The molecule has 1 N–H and O–H groups in total. The summed E-state index contributed by atoms with van der Waals surface area (Å²) in [6, 6.07) is 9.38. The molecule has 2 aliphatic rings. The zero-order valence-electron chi connectivity index (χ0n) is 13.7. The number of likely N-dealkylation sites (tertiary alicyclic amines) is 1. The quantitative estimate of drug-likeness (QED) is 0.869. The molecular formula is C18H26F2N2O. The molecule has 1 aromatic rings. The molecule has 23 heavy (non-hydrogen) atoms. The van der Waals surface area contributed by atoms with Crippen LogP contribution in [0.25, 0.3) is 0 Å². The Balaban J connectivity index is 1.39. The highest BCUT2D eigenvalue weighted by Crippen LogP contribution is 2.38. The molecule has 1 saturated heterocycles. The maximum Gasteiger partial charge on any atom is 0.251 e. The first-order chi connectivity index (χ1) is 11.1. The first-order valence-electron chi connectivity index (χ1n) is 8.54. The lowest BCUT2D eigenvalue weighted by molar-refractivity contribution is 0.0702. The van der Waals surface area contributed by atoms with Gasteiger partial charge < -0.3 is 10.1 Å². The fraction of sp³-hybridized carbons (Fsp3) is 0.667. The second-order valence-electron chi connectivity index (χ2n) is 6.77. The number of halogens is 2. The highest BCUT2D eigenvalue weighted by atomic mass is 19.3. The predicted molar refractivity (Wildman–Crippen MR) is 87.4 cm³/mol. The van der Waals surface area contributed by atoms with Gasteiger partial charge in [0.2, 0.25) is 0 Å². The average Bonchev–Trinajstić information content (AvgIpc) is 2.51. The summed E-state index contributed by atoms with van der Waals surface area (Å²) in [6.07, 6.45) is 2.06. The predicted octanol–water partition coefficient (Wildman–Crippen LogP) is 3.26. The van der Waals surface area contributed by atoms with Crippen LogP contribution in [0.15, 0.2) is 24.3 Å². The van der Waals surface area contributed by atoms with Gasteiger partial charge in [0.15, 0.2) is 0 Å². The number of rotatable bonds is 6. The number of hydrogen-bond donors (Lipinski definition) is 1. The van der Waals surface area contributed by atoms with Gasteiger partial charge in [-0.05, 0) is 62.4 Å². The number of hydrogen-bond acceptors (Lipinski definition) is 3. The summed E-state index contributed by atoms with van der Waals surface area (Å²) < 4.78 is 30.1. The molecule has 0 unspecified atom stereocenters. The molecule has 1 aliphatic heterocycles. The van der Waals surface area contributed by atoms with Gasteiger partial charge >= 0.3 is 0 Å². The molecule has 128 valence electrons. The molecule has 0 spiro atoms. The van der Waals surface area contributed by atoms with Crippen molar-refractivity contribution in [2.75, 3.05) is 26.7 Å². The van der Waals surface area contributed by atoms with Crippen molar-refractivity contribution in [1.82, 2.24) is 10.2 Å². The molecule has 2 fully saturated rings. The summed E-state index contributed by atoms with van der Waals surface area (Å²) in [7, 11) is 1.70. The van der Waals surface area contributed by atoms with E-state index in [1.807, 2.05) is 17.0 Å². The lowest BCUT2D eigenvalue weighted by atomic mass is 9.75. The minimum Gasteiger partial charge on any atom is -0.497 e. The molecule has 0 amide bonds. The minimum atomic E-state index is -2.21. The zero-order valence-corrected chi connectivity index (χ0v) is 13.7. The van der Waals surface area contributed by atoms with Crippen LogP contribution in [0.4, 0.5) is 8.78 Å². The molecule has 1 heterocycles. The first-order valence-corrected chi connectivity index (χ1v) is 8.54. The summed E-state index contributed by atoms with van der Waals surface area (Å²) in [4.78, 5) is 1.88. The second-order valence-corrected chi connectivity index (χ2v) is 6.77. The highest BCUT2D eigenvalue weighted by molar-refractivity contribution is 5.32. The third-order valence-corrected chi connectivity index (χ3v) is 5.16. The van der Waals surface area contributed by atoms with Gasteiger partial charge in [-0.2, -0.15) is 0 Å². The van der Waals surface area contributed by atoms with Gasteiger partial charge in [0.05, 0.1) is 13.7 Å². The van der Waals surface area contributed by atoms with E-state index in [4.69, 9.17) is 4.74 Å². The zero-order chi connectivity index (χ0) is 16.2. The number of benzene rings is 1. The van der Waals surface area contributed by atoms with Crippen molar-refractivity contribution >= 4 is 0 Å². The monoisotopic (exact) mass is 324 g/mol. The number of alkyl halides is 2. The second kappa shape index (κ2) is 7.58. The molecule has 3 nitrogen and oxygen atoms in total. The molecule has 0 aromatic heterocycles. The van der Waals surface area contributed by atoms with E-state index < -0.39 is 6.43 Å². The number of nitrogens with one attached hydrogen (secondary N) is 1. The highest BCUT2D eigenvalue weighted by Gasteiger charge is 2.32. The van der Waals surface area contributed by atoms with Crippen molar-refractivity contribution < 1.29 is 13.5 Å². The third-order valence-electron chi connectivity index (χ3n) is 5.16. The van der Waals surface area contributed by atoms with Crippen molar-refractivity contribution in [1.29, 1.82) is 0 Å². The van der Waals surface area contributed by atoms with Crippen LogP contribution < -0.4 is 10.1 Å². The lowest BCUT2D eigenvalue weighted by Crippen LogP contribution is -2.50. The van der Waals surface area contributed by atoms with Gasteiger partial charge in [-0.15, -0.1) is 0 Å². The van der Waals surface area contributed by atoms with E-state index in [0.29, 0.717) is 18.0 Å². The number of nitrogens with zero attached hydrogens (tertiary/aromatic N) is 1. The van der Waals surface area contributed by atoms with Crippen LogP contribution >= 0.6 is 0 Å². The van der Waals surface area contributed by atoms with Crippen molar-refractivity contribution in [2.45, 2.75) is 50.1 Å². The van der Waals surface area contributed by atoms with E-state index >= 15 is 0 Å². The lowest BCUT2D eigenvalue weighted by Gasteiger charge is -2.41. The summed E-state index contributed by atoms with van der Waals surface area (Å²) in [5.74, 6) is 1.53. The van der Waals surface area contributed by atoms with Crippen molar-refractivity contribution in [3.63, 3.8) is 0 Å². The Hall–Kier alpha value is -1.20. The Kier molecular flexibility index (Phi) is 5.49. The minimum absolute atomic E-state index is 0.0753. The molecule has 0 atom stereocenters. The van der Waals surface area contributed by atoms with Crippen molar-refractivity contribution in [2.24, 2.45) is 0 Å². The van der Waals surface area contributed by atoms with E-state index in [9.17, 15) is 8.78 Å². The van der Waals surface area contributed by atoms with Crippen molar-refractivity contribution in [3.05, 3.63) is 29.8 Å². The van der Waals surface area contributed by atoms with E-state index in [1.54, 1.807) is 7.11 Å². The fourth-order valence-electron chi connectivity index (χ4n) is 3.73. The number of ether oxygens (including phenoxy) is 1. The Morgan fingerprint density at radius 1 is 1.22 bits per heavy atom. The number of piperidine rings is 1. The van der Waals surface area contributed by atoms with Gasteiger partial charge in [-0.1, -0.05) is 12.1 Å². The molecule has 0 radical (unpaired) electrons. The smallest absolute Gasteiger partial charge is 0.251 e. The average molecular weight is 324 g/mol.